The highest BCUT2D eigenvalue weighted by Crippen LogP contribution is 2.27. The van der Waals surface area contributed by atoms with Gasteiger partial charge in [-0.2, -0.15) is 4.37 Å². The summed E-state index contributed by atoms with van der Waals surface area (Å²) in [7, 11) is 2.13. The highest BCUT2D eigenvalue weighted by atomic mass is 32.1. The van der Waals surface area contributed by atoms with Gasteiger partial charge in [0.25, 0.3) is 5.88 Å². The lowest BCUT2D eigenvalue weighted by Gasteiger charge is -2.25. The number of rotatable bonds is 5. The highest BCUT2D eigenvalue weighted by Gasteiger charge is 2.21. The van der Waals surface area contributed by atoms with E-state index in [1.165, 1.54) is 17.3 Å². The molecule has 0 N–H and O–H groups in total. The Balaban J connectivity index is 1.59. The number of aromatic nitrogens is 2. The molecule has 1 aromatic heterocycles. The van der Waals surface area contributed by atoms with Crippen LogP contribution in [-0.4, -0.2) is 53.6 Å². The Labute approximate surface area is 117 Å². The molecule has 2 aliphatic heterocycles. The molecule has 0 amide bonds. The number of nitrogens with zero attached hydrogens (tertiary/aromatic N) is 3. The van der Waals surface area contributed by atoms with Gasteiger partial charge in [0.1, 0.15) is 5.69 Å². The van der Waals surface area contributed by atoms with Crippen molar-refractivity contribution in [1.82, 2.24) is 13.6 Å². The molecule has 3 rings (SSSR count). The molecule has 0 atom stereocenters. The molecule has 0 saturated carbocycles. The van der Waals surface area contributed by atoms with E-state index >= 15 is 0 Å². The Hall–Kier alpha value is -0.980. The maximum Gasteiger partial charge on any atom is 0.253 e. The second-order valence-corrected chi connectivity index (χ2v) is 5.74. The summed E-state index contributed by atoms with van der Waals surface area (Å²) in [4.78, 5) is 2.30. The van der Waals surface area contributed by atoms with Gasteiger partial charge < -0.3 is 14.4 Å². The normalized spacial score (nSPS) is 21.0. The largest absolute Gasteiger partial charge is 0.475 e. The molecule has 0 bridgehead atoms. The van der Waals surface area contributed by atoms with Gasteiger partial charge in [0.15, 0.2) is 0 Å². The molecule has 19 heavy (non-hydrogen) atoms. The monoisotopic (exact) mass is 281 g/mol. The Morgan fingerprint density at radius 1 is 1.47 bits per heavy atom. The first kappa shape index (κ1) is 13.0. The zero-order valence-corrected chi connectivity index (χ0v) is 12.0. The van der Waals surface area contributed by atoms with Crippen molar-refractivity contribution in [2.75, 3.05) is 40.0 Å². The van der Waals surface area contributed by atoms with Gasteiger partial charge in [0, 0.05) is 19.0 Å². The van der Waals surface area contributed by atoms with E-state index in [1.54, 1.807) is 0 Å². The summed E-state index contributed by atoms with van der Waals surface area (Å²) in [6.45, 7) is 4.50. The predicted octanol–water partition coefficient (Wildman–Crippen LogP) is 1.67. The van der Waals surface area contributed by atoms with Crippen LogP contribution < -0.4 is 4.74 Å². The van der Waals surface area contributed by atoms with E-state index in [9.17, 15) is 0 Å². The van der Waals surface area contributed by atoms with Crippen molar-refractivity contribution in [3.63, 3.8) is 0 Å². The van der Waals surface area contributed by atoms with Crippen molar-refractivity contribution >= 4 is 17.3 Å². The minimum atomic E-state index is 0.662. The standard InChI is InChI=1S/C13H19N3O2S/c1-16-5-2-3-11(7-16)12-13(15-19-14-12)18-6-4-10-8-17-9-10/h3,10H,2,4-9H2,1H3. The molecule has 0 aliphatic carbocycles. The molecule has 1 saturated heterocycles. The molecule has 6 heteroatoms. The lowest BCUT2D eigenvalue weighted by molar-refractivity contribution is -0.0402. The van der Waals surface area contributed by atoms with Crippen molar-refractivity contribution in [1.29, 1.82) is 0 Å². The van der Waals surface area contributed by atoms with Gasteiger partial charge in [0.2, 0.25) is 0 Å². The first-order valence-corrected chi connectivity index (χ1v) is 7.47. The minimum absolute atomic E-state index is 0.662. The fourth-order valence-electron chi connectivity index (χ4n) is 2.31. The van der Waals surface area contributed by atoms with Crippen molar-refractivity contribution in [2.45, 2.75) is 12.8 Å². The molecule has 104 valence electrons. The molecule has 0 unspecified atom stereocenters. The average Bonchev–Trinajstić information content (AvgIpc) is 2.80. The lowest BCUT2D eigenvalue weighted by Crippen LogP contribution is -2.29. The number of ether oxygens (including phenoxy) is 2. The zero-order chi connectivity index (χ0) is 13.1. The van der Waals surface area contributed by atoms with Gasteiger partial charge >= 0.3 is 0 Å². The van der Waals surface area contributed by atoms with Gasteiger partial charge in [-0.25, -0.2) is 0 Å². The molecular weight excluding hydrogens is 262 g/mol. The molecule has 0 radical (unpaired) electrons. The maximum atomic E-state index is 5.79. The number of likely N-dealkylation sites (N-methyl/N-ethyl adjacent to an activating group) is 1. The van der Waals surface area contributed by atoms with Crippen molar-refractivity contribution in [2.24, 2.45) is 5.92 Å². The van der Waals surface area contributed by atoms with Gasteiger partial charge in [0.05, 0.1) is 31.5 Å². The highest BCUT2D eigenvalue weighted by molar-refractivity contribution is 6.99. The average molecular weight is 281 g/mol. The third kappa shape index (κ3) is 3.13. The van der Waals surface area contributed by atoms with Crippen molar-refractivity contribution in [3.05, 3.63) is 11.8 Å². The second-order valence-electron chi connectivity index (χ2n) is 5.21. The fraction of sp³-hybridized carbons (Fsp3) is 0.692. The Morgan fingerprint density at radius 2 is 2.37 bits per heavy atom. The number of hydrogen-bond donors (Lipinski definition) is 0. The Bertz CT molecular complexity index is 456. The van der Waals surface area contributed by atoms with Gasteiger partial charge in [-0.1, -0.05) is 6.08 Å². The third-order valence-electron chi connectivity index (χ3n) is 3.58. The molecule has 1 fully saturated rings. The third-order valence-corrected chi connectivity index (χ3v) is 4.09. The van der Waals surface area contributed by atoms with Crippen molar-refractivity contribution in [3.8, 4) is 5.88 Å². The van der Waals surface area contributed by atoms with Crippen LogP contribution in [0.25, 0.3) is 5.57 Å². The summed E-state index contributed by atoms with van der Waals surface area (Å²) in [5.41, 5.74) is 2.17. The zero-order valence-electron chi connectivity index (χ0n) is 11.2. The predicted molar refractivity (Wildman–Crippen MR) is 74.4 cm³/mol. The second kappa shape index (κ2) is 5.98. The van der Waals surface area contributed by atoms with E-state index in [0.717, 1.165) is 44.8 Å². The van der Waals surface area contributed by atoms with Crippen LogP contribution in [0.3, 0.4) is 0 Å². The van der Waals surface area contributed by atoms with Crippen molar-refractivity contribution < 1.29 is 9.47 Å². The summed E-state index contributed by atoms with van der Waals surface area (Å²) < 4.78 is 19.6. The smallest absolute Gasteiger partial charge is 0.253 e. The number of hydrogen-bond acceptors (Lipinski definition) is 6. The van der Waals surface area contributed by atoms with Crippen LogP contribution in [0.1, 0.15) is 18.5 Å². The summed E-state index contributed by atoms with van der Waals surface area (Å²) in [6.07, 6.45) is 4.36. The van der Waals surface area contributed by atoms with Crippen LogP contribution in [0.15, 0.2) is 6.08 Å². The van der Waals surface area contributed by atoms with E-state index in [2.05, 4.69) is 26.8 Å². The van der Waals surface area contributed by atoms with Gasteiger partial charge in [-0.3, -0.25) is 0 Å². The summed E-state index contributed by atoms with van der Waals surface area (Å²) in [5.74, 6) is 1.36. The molecular formula is C13H19N3O2S. The quantitative estimate of drug-likeness (QED) is 0.821. The van der Waals surface area contributed by atoms with Crippen LogP contribution >= 0.6 is 11.7 Å². The Morgan fingerprint density at radius 3 is 3.11 bits per heavy atom. The van der Waals surface area contributed by atoms with Crippen LogP contribution in [0, 0.1) is 5.92 Å². The van der Waals surface area contributed by atoms with E-state index in [-0.39, 0.29) is 0 Å². The fourth-order valence-corrected chi connectivity index (χ4v) is 2.84. The topological polar surface area (TPSA) is 47.5 Å². The first-order valence-electron chi connectivity index (χ1n) is 6.74. The molecule has 0 spiro atoms. The molecule has 2 aliphatic rings. The van der Waals surface area contributed by atoms with Crippen LogP contribution in [0.4, 0.5) is 0 Å². The summed E-state index contributed by atoms with van der Waals surface area (Å²) in [5, 5.41) is 0. The van der Waals surface area contributed by atoms with Crippen LogP contribution in [-0.2, 0) is 4.74 Å². The molecule has 3 heterocycles. The van der Waals surface area contributed by atoms with Gasteiger partial charge in [-0.05, 0) is 25.5 Å². The minimum Gasteiger partial charge on any atom is -0.475 e. The van der Waals surface area contributed by atoms with Gasteiger partial charge in [-0.15, -0.1) is 4.37 Å². The SMILES string of the molecule is CN1CCC=C(c2nsnc2OCCC2COC2)C1. The molecule has 5 nitrogen and oxygen atoms in total. The van der Waals surface area contributed by atoms with E-state index < -0.39 is 0 Å². The first-order chi connectivity index (χ1) is 9.33. The summed E-state index contributed by atoms with van der Waals surface area (Å²) >= 11 is 1.23. The summed E-state index contributed by atoms with van der Waals surface area (Å²) in [6, 6.07) is 0. The van der Waals surface area contributed by atoms with E-state index in [4.69, 9.17) is 9.47 Å². The molecule has 0 aromatic carbocycles. The van der Waals surface area contributed by atoms with Crippen LogP contribution in [0.2, 0.25) is 0 Å². The lowest BCUT2D eigenvalue weighted by atomic mass is 10.1. The molecule has 1 aromatic rings. The van der Waals surface area contributed by atoms with Crippen LogP contribution in [0.5, 0.6) is 5.88 Å². The van der Waals surface area contributed by atoms with E-state index in [1.807, 2.05) is 0 Å². The Kier molecular flexibility index (Phi) is 4.10. The van der Waals surface area contributed by atoms with E-state index in [0.29, 0.717) is 18.4 Å². The maximum absolute atomic E-state index is 5.79.